The van der Waals surface area contributed by atoms with Gasteiger partial charge in [-0.05, 0) is 56.8 Å². The van der Waals surface area contributed by atoms with Gasteiger partial charge in [-0.3, -0.25) is 0 Å². The molecule has 3 nitrogen and oxygen atoms in total. The van der Waals surface area contributed by atoms with Gasteiger partial charge in [0, 0.05) is 5.39 Å². The normalized spacial score (nSPS) is 17.7. The molecule has 1 N–H and O–H groups in total. The van der Waals surface area contributed by atoms with Crippen molar-refractivity contribution in [2.75, 3.05) is 13.1 Å². The van der Waals surface area contributed by atoms with E-state index in [1.807, 2.05) is 6.92 Å². The Hall–Kier alpha value is -1.35. The Morgan fingerprint density at radius 2 is 2.18 bits per heavy atom. The Morgan fingerprint density at radius 1 is 1.35 bits per heavy atom. The molecule has 0 spiro atoms. The van der Waals surface area contributed by atoms with E-state index >= 15 is 0 Å². The lowest BCUT2D eigenvalue weighted by molar-refractivity contribution is 0.370. The monoisotopic (exact) mass is 230 g/mol. The first-order valence-electron chi connectivity index (χ1n) is 6.39. The molecule has 2 heterocycles. The number of hydrogen-bond donors (Lipinski definition) is 1. The van der Waals surface area contributed by atoms with Crippen LogP contribution >= 0.6 is 0 Å². The van der Waals surface area contributed by atoms with Crippen LogP contribution in [0.15, 0.2) is 22.7 Å². The minimum atomic E-state index is 0.784. The number of nitrogens with one attached hydrogen (secondary N) is 1. The summed E-state index contributed by atoms with van der Waals surface area (Å²) in [5.74, 6) is 0.784. The fraction of sp³-hybridized carbons (Fsp3) is 0.500. The molecule has 1 aliphatic heterocycles. The van der Waals surface area contributed by atoms with E-state index in [-0.39, 0.29) is 0 Å². The fourth-order valence-corrected chi connectivity index (χ4v) is 2.70. The lowest BCUT2D eigenvalue weighted by Gasteiger charge is -2.22. The van der Waals surface area contributed by atoms with Crippen molar-refractivity contribution in [1.29, 1.82) is 0 Å². The number of rotatable bonds is 2. The molecule has 1 aromatic carbocycles. The van der Waals surface area contributed by atoms with Gasteiger partial charge in [-0.15, -0.1) is 0 Å². The number of piperidine rings is 1. The van der Waals surface area contributed by atoms with Crippen LogP contribution in [0.3, 0.4) is 0 Å². The molecule has 0 atom stereocenters. The van der Waals surface area contributed by atoms with Gasteiger partial charge >= 0.3 is 0 Å². The first kappa shape index (κ1) is 10.8. The smallest absolute Gasteiger partial charge is 0.170 e. The van der Waals surface area contributed by atoms with Crippen LogP contribution in [-0.4, -0.2) is 18.2 Å². The van der Waals surface area contributed by atoms with Crippen molar-refractivity contribution in [3.05, 3.63) is 29.5 Å². The highest BCUT2D eigenvalue weighted by Gasteiger charge is 2.16. The quantitative estimate of drug-likeness (QED) is 0.862. The maximum Gasteiger partial charge on any atom is 0.170 e. The van der Waals surface area contributed by atoms with Crippen LogP contribution in [0.2, 0.25) is 0 Å². The Labute approximate surface area is 101 Å². The molecule has 0 bridgehead atoms. The highest BCUT2D eigenvalue weighted by atomic mass is 16.5. The molecule has 1 aromatic heterocycles. The molecule has 1 aliphatic rings. The van der Waals surface area contributed by atoms with E-state index in [0.29, 0.717) is 0 Å². The highest BCUT2D eigenvalue weighted by Crippen LogP contribution is 2.26. The third-order valence-corrected chi connectivity index (χ3v) is 3.73. The molecule has 0 aliphatic carbocycles. The van der Waals surface area contributed by atoms with E-state index < -0.39 is 0 Å². The maximum absolute atomic E-state index is 5.46. The molecule has 2 aromatic rings. The molecular formula is C14H18N2O. The molecule has 1 fully saturated rings. The van der Waals surface area contributed by atoms with E-state index in [4.69, 9.17) is 4.52 Å². The van der Waals surface area contributed by atoms with Crippen molar-refractivity contribution in [1.82, 2.24) is 10.5 Å². The third kappa shape index (κ3) is 2.07. The second-order valence-electron chi connectivity index (χ2n) is 4.96. The predicted octanol–water partition coefficient (Wildman–Crippen LogP) is 2.68. The van der Waals surface area contributed by atoms with Crippen LogP contribution in [0.4, 0.5) is 0 Å². The predicted molar refractivity (Wildman–Crippen MR) is 68.0 cm³/mol. The Kier molecular flexibility index (Phi) is 2.85. The number of aryl methyl sites for hydroxylation is 1. The van der Waals surface area contributed by atoms with E-state index in [2.05, 4.69) is 28.7 Å². The zero-order valence-electron chi connectivity index (χ0n) is 10.2. The minimum Gasteiger partial charge on any atom is -0.356 e. The van der Waals surface area contributed by atoms with Crippen LogP contribution < -0.4 is 5.32 Å². The number of fused-ring (bicyclic) bond motifs is 1. The zero-order valence-corrected chi connectivity index (χ0v) is 10.2. The SMILES string of the molecule is Cc1noc2c(CC3CCNCC3)cccc12. The second-order valence-corrected chi connectivity index (χ2v) is 4.96. The summed E-state index contributed by atoms with van der Waals surface area (Å²) in [7, 11) is 0. The standard InChI is InChI=1S/C14H18N2O/c1-10-13-4-2-3-12(14(13)17-16-10)9-11-5-7-15-8-6-11/h2-4,11,15H,5-9H2,1H3. The number of nitrogens with zero attached hydrogens (tertiary/aromatic N) is 1. The minimum absolute atomic E-state index is 0.784. The molecule has 0 saturated carbocycles. The van der Waals surface area contributed by atoms with Crippen molar-refractivity contribution in [2.45, 2.75) is 26.2 Å². The Bertz CT molecular complexity index is 512. The van der Waals surface area contributed by atoms with Crippen molar-refractivity contribution < 1.29 is 4.52 Å². The van der Waals surface area contributed by atoms with Crippen molar-refractivity contribution >= 4 is 11.0 Å². The topological polar surface area (TPSA) is 38.1 Å². The zero-order chi connectivity index (χ0) is 11.7. The fourth-order valence-electron chi connectivity index (χ4n) is 2.70. The lowest BCUT2D eigenvalue weighted by Crippen LogP contribution is -2.28. The third-order valence-electron chi connectivity index (χ3n) is 3.73. The number of aromatic nitrogens is 1. The van der Waals surface area contributed by atoms with Gasteiger partial charge in [-0.1, -0.05) is 17.3 Å². The van der Waals surface area contributed by atoms with Crippen LogP contribution in [-0.2, 0) is 6.42 Å². The van der Waals surface area contributed by atoms with Gasteiger partial charge in [-0.25, -0.2) is 0 Å². The van der Waals surface area contributed by atoms with Crippen LogP contribution in [0, 0.1) is 12.8 Å². The van der Waals surface area contributed by atoms with Gasteiger partial charge in [0.1, 0.15) is 0 Å². The molecule has 17 heavy (non-hydrogen) atoms. The molecule has 0 amide bonds. The molecule has 3 rings (SSSR count). The summed E-state index contributed by atoms with van der Waals surface area (Å²) >= 11 is 0. The number of para-hydroxylation sites is 1. The molecule has 90 valence electrons. The van der Waals surface area contributed by atoms with Gasteiger partial charge in [0.15, 0.2) is 5.58 Å². The van der Waals surface area contributed by atoms with Crippen molar-refractivity contribution in [3.63, 3.8) is 0 Å². The first-order chi connectivity index (χ1) is 8.34. The number of benzene rings is 1. The summed E-state index contributed by atoms with van der Waals surface area (Å²) in [4.78, 5) is 0. The Balaban J connectivity index is 1.89. The summed E-state index contributed by atoms with van der Waals surface area (Å²) in [6.45, 7) is 4.30. The van der Waals surface area contributed by atoms with Gasteiger partial charge in [0.25, 0.3) is 0 Å². The molecule has 0 unspecified atom stereocenters. The molecule has 1 saturated heterocycles. The maximum atomic E-state index is 5.46. The van der Waals surface area contributed by atoms with Gasteiger partial charge < -0.3 is 9.84 Å². The van der Waals surface area contributed by atoms with E-state index in [1.165, 1.54) is 18.4 Å². The van der Waals surface area contributed by atoms with Crippen LogP contribution in [0.1, 0.15) is 24.1 Å². The lowest BCUT2D eigenvalue weighted by atomic mass is 9.90. The molecule has 0 radical (unpaired) electrons. The second kappa shape index (κ2) is 4.49. The Morgan fingerprint density at radius 3 is 3.00 bits per heavy atom. The summed E-state index contributed by atoms with van der Waals surface area (Å²) < 4.78 is 5.46. The summed E-state index contributed by atoms with van der Waals surface area (Å²) in [6.07, 6.45) is 3.65. The largest absolute Gasteiger partial charge is 0.356 e. The average Bonchev–Trinajstić information content (AvgIpc) is 2.74. The summed E-state index contributed by atoms with van der Waals surface area (Å²) in [5, 5.41) is 8.63. The summed E-state index contributed by atoms with van der Waals surface area (Å²) in [5.41, 5.74) is 3.30. The molecular weight excluding hydrogens is 212 g/mol. The average molecular weight is 230 g/mol. The van der Waals surface area contributed by atoms with Crippen LogP contribution in [0.5, 0.6) is 0 Å². The summed E-state index contributed by atoms with van der Waals surface area (Å²) in [6, 6.07) is 6.38. The van der Waals surface area contributed by atoms with Gasteiger partial charge in [0.05, 0.1) is 5.69 Å². The number of hydrogen-bond acceptors (Lipinski definition) is 3. The van der Waals surface area contributed by atoms with E-state index in [9.17, 15) is 0 Å². The van der Waals surface area contributed by atoms with E-state index in [1.54, 1.807) is 0 Å². The van der Waals surface area contributed by atoms with Gasteiger partial charge in [0.2, 0.25) is 0 Å². The van der Waals surface area contributed by atoms with Crippen molar-refractivity contribution in [3.8, 4) is 0 Å². The first-order valence-corrected chi connectivity index (χ1v) is 6.39. The van der Waals surface area contributed by atoms with E-state index in [0.717, 1.165) is 42.1 Å². The van der Waals surface area contributed by atoms with Crippen molar-refractivity contribution in [2.24, 2.45) is 5.92 Å². The highest BCUT2D eigenvalue weighted by molar-refractivity contribution is 5.82. The molecule has 3 heteroatoms. The van der Waals surface area contributed by atoms with Gasteiger partial charge in [-0.2, -0.15) is 0 Å². The van der Waals surface area contributed by atoms with Crippen LogP contribution in [0.25, 0.3) is 11.0 Å².